The summed E-state index contributed by atoms with van der Waals surface area (Å²) in [5.41, 5.74) is 8.62. The summed E-state index contributed by atoms with van der Waals surface area (Å²) in [7, 11) is 0. The Bertz CT molecular complexity index is 4670. The van der Waals surface area contributed by atoms with E-state index in [0.717, 1.165) is 65.6 Å². The molecule has 12 aromatic carbocycles. The predicted molar refractivity (Wildman–Crippen MR) is 349 cm³/mol. The number of hydrogen-bond acceptors (Lipinski definition) is 8. The Morgan fingerprint density at radius 1 is 0.333 bits per heavy atom. The van der Waals surface area contributed by atoms with Gasteiger partial charge < -0.3 is 28.7 Å². The maximum Gasteiger partial charge on any atom is 0.149 e. The van der Waals surface area contributed by atoms with Gasteiger partial charge in [-0.05, 0) is 175 Å². The Morgan fingerprint density at radius 3 is 1.05 bits per heavy atom. The highest BCUT2D eigenvalue weighted by atomic mass is 16.5. The van der Waals surface area contributed by atoms with E-state index in [1.54, 1.807) is 24.3 Å². The third kappa shape index (κ3) is 9.89. The second-order valence-electron chi connectivity index (χ2n) is 21.0. The lowest BCUT2D eigenvalue weighted by Crippen LogP contribution is -2.28. The highest BCUT2D eigenvalue weighted by Gasteiger charge is 2.46. The maximum absolute atomic E-state index is 10.6. The minimum Gasteiger partial charge on any atom is -0.456 e. The van der Waals surface area contributed by atoms with Crippen LogP contribution in [0, 0.1) is 72.0 Å². The van der Waals surface area contributed by atoms with Crippen molar-refractivity contribution >= 4 is 54.5 Å². The minimum atomic E-state index is -0.695. The largest absolute Gasteiger partial charge is 0.456 e. The Balaban J connectivity index is 0.790. The van der Waals surface area contributed by atoms with Crippen molar-refractivity contribution in [3.8, 4) is 119 Å². The van der Waals surface area contributed by atoms with Crippen molar-refractivity contribution in [1.82, 2.24) is 0 Å². The number of ether oxygens (including phenoxy) is 4. The molecule has 0 spiro atoms. The van der Waals surface area contributed by atoms with Gasteiger partial charge in [0.15, 0.2) is 0 Å². The van der Waals surface area contributed by atoms with Gasteiger partial charge in [-0.3, -0.25) is 0 Å². The maximum atomic E-state index is 10.6. The third-order valence-corrected chi connectivity index (χ3v) is 16.0. The van der Waals surface area contributed by atoms with Crippen molar-refractivity contribution in [2.24, 2.45) is 0 Å². The molecule has 13 rings (SSSR count). The van der Waals surface area contributed by atoms with Crippen molar-refractivity contribution in [2.45, 2.75) is 5.41 Å². The summed E-state index contributed by atoms with van der Waals surface area (Å²) >= 11 is 0. The fourth-order valence-corrected chi connectivity index (χ4v) is 12.2. The fraction of sp³-hybridized carbons (Fsp3) is 0.0633. The average molecular weight is 1120 g/mol. The molecule has 0 saturated heterocycles. The fourth-order valence-electron chi connectivity index (χ4n) is 12.2. The molecule has 0 atom stereocenters. The van der Waals surface area contributed by atoms with Gasteiger partial charge in [-0.25, -0.2) is 0 Å². The zero-order valence-corrected chi connectivity index (χ0v) is 47.0. The summed E-state index contributed by atoms with van der Waals surface area (Å²) in [6.07, 6.45) is 22.7. The van der Waals surface area contributed by atoms with E-state index < -0.39 is 5.41 Å². The van der Waals surface area contributed by atoms with E-state index in [1.165, 1.54) is 22.3 Å². The van der Waals surface area contributed by atoms with E-state index >= 15 is 0 Å². The van der Waals surface area contributed by atoms with Crippen LogP contribution in [-0.4, -0.2) is 26.2 Å². The number of terminal acetylenes is 4. The van der Waals surface area contributed by atoms with Gasteiger partial charge in [0.1, 0.15) is 69.3 Å². The number of fused-ring (bicyclic) bond motifs is 7. The number of rotatable bonds is 16. The normalized spacial score (nSPS) is 11.7. The molecular weight excluding hydrogens is 1070 g/mol. The van der Waals surface area contributed by atoms with Crippen LogP contribution in [0.25, 0.3) is 54.2 Å². The van der Waals surface area contributed by atoms with Gasteiger partial charge in [0.05, 0.1) is 31.6 Å². The zero-order valence-electron chi connectivity index (χ0n) is 47.0. The van der Waals surface area contributed by atoms with Crippen LogP contribution in [0.4, 0.5) is 11.4 Å². The summed E-state index contributed by atoms with van der Waals surface area (Å²) in [5, 5.41) is 28.9. The molecule has 0 amide bonds. The van der Waals surface area contributed by atoms with Crippen molar-refractivity contribution in [2.75, 3.05) is 36.0 Å². The molecule has 0 aromatic heterocycles. The molecule has 0 aliphatic heterocycles. The molecule has 0 fully saturated rings. The lowest BCUT2D eigenvalue weighted by molar-refractivity contribution is 0.457. The lowest BCUT2D eigenvalue weighted by atomic mass is 9.67. The number of nitriles is 2. The van der Waals surface area contributed by atoms with E-state index in [1.807, 2.05) is 119 Å². The number of hydrogen-bond donors (Lipinski definition) is 0. The monoisotopic (exact) mass is 1120 g/mol. The van der Waals surface area contributed by atoms with Crippen LogP contribution >= 0.6 is 0 Å². The molecule has 1 aliphatic carbocycles. The van der Waals surface area contributed by atoms with Gasteiger partial charge in [0.25, 0.3) is 0 Å². The van der Waals surface area contributed by atoms with Crippen molar-refractivity contribution in [1.29, 1.82) is 10.5 Å². The van der Waals surface area contributed by atoms with Crippen molar-refractivity contribution in [3.63, 3.8) is 0 Å². The summed E-state index contributed by atoms with van der Waals surface area (Å²) in [6, 6.07) is 81.5. The van der Waals surface area contributed by atoms with Crippen LogP contribution in [0.3, 0.4) is 0 Å². The van der Waals surface area contributed by atoms with Crippen LogP contribution in [0.15, 0.2) is 231 Å². The standard InChI is InChI=1S/C79H50N4O4/c1-5-41-82(42-6-2)73-23-13-17-57-49-63(37-39-65(57)73)86-77-27-15-25-75(69(77)51-80)84-61-35-31-53-45-59(33-29-55(53)47-61)79(71-21-11-9-19-67(71)68-20-10-12-22-72(68)79)60-34-30-56-48-62(36-32-54(56)46-60)85-76-26-16-28-78(70(76)52-81)87-64-38-40-66-58(50-64)18-14-24-74(66)83(43-7-3)44-8-4/h1-4,9-40,45-50H,41-44H2. The Hall–Kier alpha value is -12.3. The van der Waals surface area contributed by atoms with Crippen LogP contribution < -0.4 is 28.7 Å². The summed E-state index contributed by atoms with van der Waals surface area (Å²) < 4.78 is 25.9. The molecule has 12 aromatic rings. The smallest absolute Gasteiger partial charge is 0.149 e. The zero-order chi connectivity index (χ0) is 59.4. The molecular formula is C79H50N4O4. The van der Waals surface area contributed by atoms with Crippen molar-refractivity contribution in [3.05, 3.63) is 264 Å². The quantitative estimate of drug-likeness (QED) is 0.0884. The van der Waals surface area contributed by atoms with Gasteiger partial charge in [0.2, 0.25) is 0 Å². The van der Waals surface area contributed by atoms with E-state index in [-0.39, 0.29) is 11.1 Å². The Kier molecular flexibility index (Phi) is 14.4. The molecule has 8 heteroatoms. The SMILES string of the molecule is C#CCN(CC#C)c1cccc2cc(Oc3cccc(Oc4ccc5cc(C6(c7ccc8cc(Oc9cccc(Oc%10ccc%11c(N(CC#C)CC#C)cccc%11c%10)c9C#N)ccc8c7)c7ccccc7-c7ccccc76)ccc5c4)c3C#N)ccc12. The van der Waals surface area contributed by atoms with Crippen molar-refractivity contribution < 1.29 is 18.9 Å². The highest BCUT2D eigenvalue weighted by Crippen LogP contribution is 2.57. The lowest BCUT2D eigenvalue weighted by Gasteiger charge is -2.34. The average Bonchev–Trinajstić information content (AvgIpc) is 1.64. The Labute approximate surface area is 505 Å². The second kappa shape index (κ2) is 23.2. The predicted octanol–water partition coefficient (Wildman–Crippen LogP) is 17.7. The molecule has 1 aliphatic rings. The summed E-state index contributed by atoms with van der Waals surface area (Å²) in [4.78, 5) is 3.95. The first-order valence-corrected chi connectivity index (χ1v) is 28.2. The highest BCUT2D eigenvalue weighted by molar-refractivity contribution is 5.97. The summed E-state index contributed by atoms with van der Waals surface area (Å²) in [5.74, 6) is 14.5. The first-order valence-electron chi connectivity index (χ1n) is 28.2. The van der Waals surface area contributed by atoms with E-state index in [2.05, 4.69) is 133 Å². The molecule has 0 unspecified atom stereocenters. The van der Waals surface area contributed by atoms with Gasteiger partial charge in [-0.2, -0.15) is 10.5 Å². The molecule has 0 saturated carbocycles. The van der Waals surface area contributed by atoms with Crippen LogP contribution in [0.1, 0.15) is 33.4 Å². The molecule has 8 nitrogen and oxygen atoms in total. The van der Waals surface area contributed by atoms with Crippen LogP contribution in [0.5, 0.6) is 46.0 Å². The molecule has 410 valence electrons. The van der Waals surface area contributed by atoms with Crippen LogP contribution in [0.2, 0.25) is 0 Å². The van der Waals surface area contributed by atoms with Gasteiger partial charge in [-0.15, -0.1) is 25.7 Å². The first-order chi connectivity index (χ1) is 42.8. The summed E-state index contributed by atoms with van der Waals surface area (Å²) in [6.45, 7) is 1.50. The first kappa shape index (κ1) is 54.0. The molecule has 0 bridgehead atoms. The van der Waals surface area contributed by atoms with Gasteiger partial charge in [0, 0.05) is 22.1 Å². The molecule has 0 N–H and O–H groups in total. The third-order valence-electron chi connectivity index (χ3n) is 16.0. The Morgan fingerprint density at radius 2 is 0.667 bits per heavy atom. The topological polar surface area (TPSA) is 91.0 Å². The number of nitrogens with zero attached hydrogens (tertiary/aromatic N) is 4. The van der Waals surface area contributed by atoms with E-state index in [9.17, 15) is 10.5 Å². The van der Waals surface area contributed by atoms with Gasteiger partial charge >= 0.3 is 0 Å². The molecule has 0 radical (unpaired) electrons. The van der Waals surface area contributed by atoms with E-state index in [0.29, 0.717) is 72.2 Å². The molecule has 87 heavy (non-hydrogen) atoms. The second-order valence-corrected chi connectivity index (χ2v) is 21.0. The van der Waals surface area contributed by atoms with Crippen LogP contribution in [-0.2, 0) is 5.41 Å². The number of anilines is 2. The number of benzene rings is 12. The van der Waals surface area contributed by atoms with E-state index in [4.69, 9.17) is 44.6 Å². The minimum absolute atomic E-state index is 0.264. The van der Waals surface area contributed by atoms with Gasteiger partial charge in [-0.1, -0.05) is 145 Å². The molecule has 0 heterocycles.